The van der Waals surface area contributed by atoms with Crippen LogP contribution in [-0.4, -0.2) is 45.7 Å². The first-order valence-corrected chi connectivity index (χ1v) is 9.55. The van der Waals surface area contributed by atoms with Gasteiger partial charge in [0.05, 0.1) is 24.4 Å². The van der Waals surface area contributed by atoms with Crippen molar-refractivity contribution in [2.24, 2.45) is 0 Å². The van der Waals surface area contributed by atoms with E-state index in [0.717, 1.165) is 19.3 Å². The Morgan fingerprint density at radius 3 is 2.48 bits per heavy atom. The third kappa shape index (κ3) is 12.9. The van der Waals surface area contributed by atoms with E-state index in [0.29, 0.717) is 12.8 Å². The number of hydrogen-bond donors (Lipinski definition) is 3. The van der Waals surface area contributed by atoms with Crippen LogP contribution >= 0.6 is 0 Å². The van der Waals surface area contributed by atoms with Crippen LogP contribution in [0.1, 0.15) is 45.4 Å². The van der Waals surface area contributed by atoms with Crippen molar-refractivity contribution in [1.82, 2.24) is 0 Å². The number of aliphatic hydroxyl groups is 3. The van der Waals surface area contributed by atoms with Crippen molar-refractivity contribution in [3.63, 3.8) is 0 Å². The first kappa shape index (κ1) is 23.1. The Morgan fingerprint density at radius 1 is 0.926 bits per heavy atom. The molecule has 1 heterocycles. The Bertz CT molecular complexity index is 559. The Hall–Kier alpha value is -1.95. The van der Waals surface area contributed by atoms with Gasteiger partial charge in [0.2, 0.25) is 0 Å². The van der Waals surface area contributed by atoms with Crippen LogP contribution in [-0.2, 0) is 9.53 Å². The highest BCUT2D eigenvalue weighted by molar-refractivity contribution is 5.82. The molecule has 0 amide bonds. The molecule has 0 spiro atoms. The summed E-state index contributed by atoms with van der Waals surface area (Å²) in [5, 5.41) is 29.7. The van der Waals surface area contributed by atoms with E-state index < -0.39 is 18.3 Å². The minimum atomic E-state index is -0.684. The summed E-state index contributed by atoms with van der Waals surface area (Å²) in [5.41, 5.74) is 0. The van der Waals surface area contributed by atoms with E-state index >= 15 is 0 Å². The summed E-state index contributed by atoms with van der Waals surface area (Å²) in [7, 11) is 0. The number of carbonyl (C=O) groups is 1. The molecule has 4 atom stereocenters. The van der Waals surface area contributed by atoms with E-state index in [1.54, 1.807) is 42.5 Å². The zero-order valence-corrected chi connectivity index (χ0v) is 16.0. The smallest absolute Gasteiger partial charge is 0.331 e. The molecule has 5 heteroatoms. The second-order valence-electron chi connectivity index (χ2n) is 6.70. The largest absolute Gasteiger partial charge is 0.460 e. The maximum Gasteiger partial charge on any atom is 0.331 e. The monoisotopic (exact) mass is 376 g/mol. The van der Waals surface area contributed by atoms with Crippen LogP contribution < -0.4 is 0 Å². The van der Waals surface area contributed by atoms with Gasteiger partial charge in [-0.25, -0.2) is 4.79 Å². The van der Waals surface area contributed by atoms with Gasteiger partial charge in [0, 0.05) is 12.5 Å². The molecular formula is C22H32O5. The van der Waals surface area contributed by atoms with Gasteiger partial charge < -0.3 is 20.1 Å². The van der Waals surface area contributed by atoms with Gasteiger partial charge in [-0.3, -0.25) is 0 Å². The summed E-state index contributed by atoms with van der Waals surface area (Å²) in [6, 6.07) is 0. The molecule has 5 nitrogen and oxygen atoms in total. The highest BCUT2D eigenvalue weighted by Gasteiger charge is 2.08. The molecule has 1 aliphatic rings. The van der Waals surface area contributed by atoms with Crippen molar-refractivity contribution >= 4 is 5.97 Å². The van der Waals surface area contributed by atoms with Crippen LogP contribution in [0.25, 0.3) is 0 Å². The first-order valence-electron chi connectivity index (χ1n) is 9.55. The lowest BCUT2D eigenvalue weighted by Gasteiger charge is -2.12. The van der Waals surface area contributed by atoms with Crippen LogP contribution in [0.3, 0.4) is 0 Å². The molecule has 0 saturated carbocycles. The highest BCUT2D eigenvalue weighted by Crippen LogP contribution is 2.09. The molecule has 0 radical (unpaired) electrons. The number of aliphatic hydroxyl groups excluding tert-OH is 3. The first-order chi connectivity index (χ1) is 13.0. The lowest BCUT2D eigenvalue weighted by atomic mass is 10.1. The number of hydrogen-bond acceptors (Lipinski definition) is 5. The van der Waals surface area contributed by atoms with Crippen molar-refractivity contribution in [2.75, 3.05) is 0 Å². The molecule has 0 aromatic rings. The van der Waals surface area contributed by atoms with Crippen molar-refractivity contribution in [1.29, 1.82) is 0 Å². The zero-order chi connectivity index (χ0) is 19.9. The lowest BCUT2D eigenvalue weighted by Crippen LogP contribution is -2.15. The van der Waals surface area contributed by atoms with E-state index in [1.807, 2.05) is 19.1 Å². The molecule has 27 heavy (non-hydrogen) atoms. The third-order valence-corrected chi connectivity index (χ3v) is 4.02. The van der Waals surface area contributed by atoms with Crippen LogP contribution in [0.2, 0.25) is 0 Å². The zero-order valence-electron chi connectivity index (χ0n) is 16.0. The normalized spacial score (nSPS) is 35.6. The van der Waals surface area contributed by atoms with Crippen LogP contribution in [0, 0.1) is 0 Å². The van der Waals surface area contributed by atoms with Crippen molar-refractivity contribution in [2.45, 2.75) is 69.9 Å². The van der Waals surface area contributed by atoms with Gasteiger partial charge in [0.1, 0.15) is 0 Å². The summed E-state index contributed by atoms with van der Waals surface area (Å²) in [5.74, 6) is -0.389. The van der Waals surface area contributed by atoms with Gasteiger partial charge in [-0.05, 0) is 39.0 Å². The van der Waals surface area contributed by atoms with E-state index in [9.17, 15) is 20.1 Å². The molecule has 1 aliphatic heterocycles. The van der Waals surface area contributed by atoms with Crippen molar-refractivity contribution in [3.05, 3.63) is 60.8 Å². The Morgan fingerprint density at radius 2 is 1.67 bits per heavy atom. The third-order valence-electron chi connectivity index (χ3n) is 4.02. The molecule has 0 aromatic carbocycles. The van der Waals surface area contributed by atoms with Gasteiger partial charge >= 0.3 is 5.97 Å². The molecule has 0 saturated heterocycles. The molecular weight excluding hydrogens is 344 g/mol. The van der Waals surface area contributed by atoms with Gasteiger partial charge in [0.15, 0.2) is 0 Å². The van der Waals surface area contributed by atoms with Crippen LogP contribution in [0.5, 0.6) is 0 Å². The molecule has 150 valence electrons. The maximum absolute atomic E-state index is 11.7. The fourth-order valence-corrected chi connectivity index (χ4v) is 2.54. The number of carbonyl (C=O) groups excluding carboxylic acids is 1. The van der Waals surface area contributed by atoms with Crippen molar-refractivity contribution in [3.8, 4) is 0 Å². The maximum atomic E-state index is 11.7. The molecule has 0 unspecified atom stereocenters. The molecule has 1 rings (SSSR count). The molecule has 0 aliphatic carbocycles. The standard InChI is InChI=1S/C22H32O5/c1-18-11-5-2-8-14-20(24)17-21(25)15-9-3-6-12-19(23)13-7-4-10-16-22(26)27-18/h3-4,6-10,12,14,16,18-21,23-25H,2,5,11,13,15,17H2,1H3/b7-4+,9-3-,12-6+,14-8+,16-10-/t18-,19-,20+,21+/m1/s1. The van der Waals surface area contributed by atoms with Crippen LogP contribution in [0.4, 0.5) is 0 Å². The predicted molar refractivity (Wildman–Crippen MR) is 107 cm³/mol. The number of allylic oxidation sites excluding steroid dienone is 5. The van der Waals surface area contributed by atoms with Gasteiger partial charge in [0.25, 0.3) is 0 Å². The number of cyclic esters (lactones) is 1. The Labute approximate surface area is 162 Å². The lowest BCUT2D eigenvalue weighted by molar-refractivity contribution is -0.142. The topological polar surface area (TPSA) is 87.0 Å². The predicted octanol–water partition coefficient (Wildman–Crippen LogP) is 3.14. The SMILES string of the molecule is C[C@@H]1CCC/C=C/[C@H](O)C[C@@H](O)C/C=C\C=C\[C@@H](O)C/C=C/C=C\C(=O)O1. The van der Waals surface area contributed by atoms with E-state index in [-0.39, 0.29) is 18.5 Å². The minimum absolute atomic E-state index is 0.178. The van der Waals surface area contributed by atoms with Gasteiger partial charge in [-0.1, -0.05) is 54.7 Å². The Kier molecular flexibility index (Phi) is 12.1. The van der Waals surface area contributed by atoms with Crippen molar-refractivity contribution < 1.29 is 24.9 Å². The second-order valence-corrected chi connectivity index (χ2v) is 6.70. The number of esters is 1. The van der Waals surface area contributed by atoms with E-state index in [4.69, 9.17) is 4.74 Å². The quantitative estimate of drug-likeness (QED) is 0.447. The average molecular weight is 376 g/mol. The van der Waals surface area contributed by atoms with Crippen LogP contribution in [0.15, 0.2) is 60.8 Å². The summed E-state index contributed by atoms with van der Waals surface area (Å²) in [4.78, 5) is 11.7. The second kappa shape index (κ2) is 14.2. The summed E-state index contributed by atoms with van der Waals surface area (Å²) in [6.45, 7) is 1.85. The van der Waals surface area contributed by atoms with E-state index in [2.05, 4.69) is 0 Å². The molecule has 0 aromatic heterocycles. The highest BCUT2D eigenvalue weighted by atomic mass is 16.5. The number of rotatable bonds is 0. The summed E-state index contributed by atoms with van der Waals surface area (Å²) in [6.07, 6.45) is 18.4. The van der Waals surface area contributed by atoms with Gasteiger partial charge in [-0.15, -0.1) is 0 Å². The Balaban J connectivity index is 2.65. The molecule has 0 bridgehead atoms. The fourth-order valence-electron chi connectivity index (χ4n) is 2.54. The van der Waals surface area contributed by atoms with E-state index in [1.165, 1.54) is 6.08 Å². The molecule has 0 fully saturated rings. The fraction of sp³-hybridized carbons (Fsp3) is 0.500. The molecule has 3 N–H and O–H groups in total. The minimum Gasteiger partial charge on any atom is -0.460 e. The average Bonchev–Trinajstić information content (AvgIpc) is 2.60. The van der Waals surface area contributed by atoms with Gasteiger partial charge in [-0.2, -0.15) is 0 Å². The summed E-state index contributed by atoms with van der Waals surface area (Å²) < 4.78 is 5.28. The summed E-state index contributed by atoms with van der Waals surface area (Å²) >= 11 is 0. The number of ether oxygens (including phenoxy) is 1.